The number of nitrogens with zero attached hydrogens (tertiary/aromatic N) is 1. The average Bonchev–Trinajstić information content (AvgIpc) is 3.60. The molecule has 0 aliphatic heterocycles. The minimum Gasteiger partial charge on any atom is -0.256 e. The smallest absolute Gasteiger partial charge is 0.0682 e. The molecule has 0 bridgehead atoms. The fraction of sp³-hybridized carbons (Fsp3) is 0.183. The van der Waals surface area contributed by atoms with Crippen LogP contribution in [-0.4, -0.2) is 6.21 Å². The summed E-state index contributed by atoms with van der Waals surface area (Å²) in [6.07, 6.45) is 20.2. The number of aryl methyl sites for hydroxylation is 1. The van der Waals surface area contributed by atoms with E-state index in [2.05, 4.69) is 198 Å². The van der Waals surface area contributed by atoms with E-state index in [1.165, 1.54) is 83.1 Å². The summed E-state index contributed by atoms with van der Waals surface area (Å²) in [5.41, 5.74) is 20.9. The lowest BCUT2D eigenvalue weighted by atomic mass is 9.54. The Morgan fingerprint density at radius 3 is 1.97 bits per heavy atom. The first-order chi connectivity index (χ1) is 29.8. The molecule has 0 fully saturated rings. The topological polar surface area (TPSA) is 12.4 Å². The molecule has 1 heteroatoms. The average molecular weight is 790 g/mol. The highest BCUT2D eigenvalue weighted by Gasteiger charge is 2.54. The normalized spacial score (nSPS) is 17.0. The van der Waals surface area contributed by atoms with Crippen molar-refractivity contribution in [3.63, 3.8) is 0 Å². The molecule has 0 aromatic heterocycles. The Hall–Kier alpha value is -6.57. The second-order valence-electron chi connectivity index (χ2n) is 17.2. The molecule has 1 spiro atoms. The standard InChI is InChI=1S/C57H49N.C3H6/c1-5-38(6-2)27-34-54(41-18-8-7-9-19-41)58-37-44-20-16-26-53-55(44)47-36-43(42-31-30-40-29-28-39-17-10-11-21-45(39)46(40)35-42)32-33-48(47)57(53)51-24-14-12-22-49(51)56(3,4)50-23-13-15-25-52(50)57;1-3-2/h5-26,28-29,34-37H,1,27,30-33H2,2-4H3;3H,1H2,2H3/b38-6+,54-34-,58-37?;. The monoisotopic (exact) mass is 789 g/mol. The molecule has 0 N–H and O–H groups in total. The maximum absolute atomic E-state index is 5.35. The van der Waals surface area contributed by atoms with Crippen LogP contribution in [0.25, 0.3) is 28.1 Å². The summed E-state index contributed by atoms with van der Waals surface area (Å²) in [4.78, 5) is 5.35. The highest BCUT2D eigenvalue weighted by molar-refractivity contribution is 6.01. The van der Waals surface area contributed by atoms with E-state index in [1.807, 2.05) is 13.0 Å². The van der Waals surface area contributed by atoms with Gasteiger partial charge in [-0.2, -0.15) is 0 Å². The molecule has 61 heavy (non-hydrogen) atoms. The van der Waals surface area contributed by atoms with Gasteiger partial charge in [0.15, 0.2) is 0 Å². The van der Waals surface area contributed by atoms with Crippen molar-refractivity contribution in [2.24, 2.45) is 4.99 Å². The zero-order valence-electron chi connectivity index (χ0n) is 36.1. The molecule has 0 atom stereocenters. The molecule has 0 radical (unpaired) electrons. The van der Waals surface area contributed by atoms with Gasteiger partial charge >= 0.3 is 0 Å². The van der Waals surface area contributed by atoms with Crippen molar-refractivity contribution in [1.29, 1.82) is 0 Å². The van der Waals surface area contributed by atoms with Crippen molar-refractivity contribution in [1.82, 2.24) is 0 Å². The lowest BCUT2D eigenvalue weighted by Crippen LogP contribution is -2.41. The van der Waals surface area contributed by atoms with Crippen LogP contribution < -0.4 is 0 Å². The zero-order valence-corrected chi connectivity index (χ0v) is 36.1. The lowest BCUT2D eigenvalue weighted by Gasteiger charge is -2.48. The summed E-state index contributed by atoms with van der Waals surface area (Å²) in [7, 11) is 0. The van der Waals surface area contributed by atoms with Crippen LogP contribution in [0.15, 0.2) is 204 Å². The Labute approximate surface area is 363 Å². The minimum absolute atomic E-state index is 0.133. The SMILES string of the molecule is C=C/C(=C\C)C/C=C(\N=Cc1cccc2c1C1=C(CCC(C3=Cc4c(ccc5ccccc45)CC3)=C1)C21c2ccccc2C(C)(C)c2ccccc21)c1ccccc1.C=CC. The van der Waals surface area contributed by atoms with E-state index in [-0.39, 0.29) is 5.41 Å². The number of benzene rings is 6. The first-order valence-electron chi connectivity index (χ1n) is 22.0. The zero-order chi connectivity index (χ0) is 42.1. The fourth-order valence-corrected chi connectivity index (χ4v) is 10.7. The highest BCUT2D eigenvalue weighted by Crippen LogP contribution is 2.64. The summed E-state index contributed by atoms with van der Waals surface area (Å²) < 4.78 is 0. The second-order valence-corrected chi connectivity index (χ2v) is 17.2. The van der Waals surface area contributed by atoms with Crippen molar-refractivity contribution in [3.8, 4) is 0 Å². The Kier molecular flexibility index (Phi) is 10.8. The van der Waals surface area contributed by atoms with Crippen LogP contribution in [0.1, 0.15) is 109 Å². The van der Waals surface area contributed by atoms with Gasteiger partial charge in [0.1, 0.15) is 0 Å². The summed E-state index contributed by atoms with van der Waals surface area (Å²) in [6, 6.07) is 49.6. The molecular weight excluding hydrogens is 735 g/mol. The van der Waals surface area contributed by atoms with Crippen molar-refractivity contribution in [2.45, 2.75) is 70.6 Å². The molecular formula is C60H55N. The molecule has 6 aromatic rings. The Bertz CT molecular complexity index is 2850. The van der Waals surface area contributed by atoms with E-state index in [9.17, 15) is 0 Å². The fourth-order valence-electron chi connectivity index (χ4n) is 10.7. The Morgan fingerprint density at radius 2 is 1.26 bits per heavy atom. The van der Waals surface area contributed by atoms with Crippen LogP contribution in [0, 0.1) is 0 Å². The van der Waals surface area contributed by atoms with Crippen molar-refractivity contribution < 1.29 is 0 Å². The minimum atomic E-state index is -0.397. The Morgan fingerprint density at radius 1 is 0.639 bits per heavy atom. The predicted molar refractivity (Wildman–Crippen MR) is 262 cm³/mol. The first-order valence-corrected chi connectivity index (χ1v) is 22.0. The maximum atomic E-state index is 5.35. The number of hydrogen-bond donors (Lipinski definition) is 0. The van der Waals surface area contributed by atoms with Crippen LogP contribution in [0.5, 0.6) is 0 Å². The molecule has 4 aliphatic rings. The van der Waals surface area contributed by atoms with E-state index < -0.39 is 5.41 Å². The van der Waals surface area contributed by atoms with Gasteiger partial charge in [0, 0.05) is 17.2 Å². The van der Waals surface area contributed by atoms with E-state index in [0.29, 0.717) is 0 Å². The molecule has 0 heterocycles. The van der Waals surface area contributed by atoms with Gasteiger partial charge in [-0.3, -0.25) is 4.99 Å². The molecule has 1 nitrogen and oxygen atoms in total. The van der Waals surface area contributed by atoms with Crippen LogP contribution >= 0.6 is 0 Å². The van der Waals surface area contributed by atoms with Gasteiger partial charge in [-0.05, 0) is 135 Å². The maximum Gasteiger partial charge on any atom is 0.0682 e. The van der Waals surface area contributed by atoms with E-state index in [4.69, 9.17) is 4.99 Å². The van der Waals surface area contributed by atoms with Crippen LogP contribution in [0.2, 0.25) is 0 Å². The third-order valence-corrected chi connectivity index (χ3v) is 13.6. The quantitative estimate of drug-likeness (QED) is 0.0868. The highest BCUT2D eigenvalue weighted by atomic mass is 14.7. The molecule has 10 rings (SSSR count). The number of allylic oxidation sites excluding steroid dienone is 10. The van der Waals surface area contributed by atoms with Gasteiger partial charge in [0.05, 0.1) is 11.1 Å². The van der Waals surface area contributed by atoms with Gasteiger partial charge in [-0.15, -0.1) is 6.58 Å². The number of hydrogen-bond acceptors (Lipinski definition) is 1. The Balaban J connectivity index is 0.00000154. The van der Waals surface area contributed by atoms with E-state index in [1.54, 1.807) is 6.08 Å². The summed E-state index contributed by atoms with van der Waals surface area (Å²) in [5, 5.41) is 2.66. The molecule has 300 valence electrons. The first kappa shape index (κ1) is 39.9. The molecule has 0 saturated heterocycles. The van der Waals surface area contributed by atoms with Gasteiger partial charge in [-0.25, -0.2) is 0 Å². The van der Waals surface area contributed by atoms with Gasteiger partial charge < -0.3 is 0 Å². The number of fused-ring (bicyclic) bond motifs is 11. The molecule has 0 amide bonds. The van der Waals surface area contributed by atoms with E-state index >= 15 is 0 Å². The largest absolute Gasteiger partial charge is 0.256 e. The van der Waals surface area contributed by atoms with Crippen molar-refractivity contribution in [3.05, 3.63) is 255 Å². The summed E-state index contributed by atoms with van der Waals surface area (Å²) >= 11 is 0. The van der Waals surface area contributed by atoms with E-state index in [0.717, 1.165) is 48.9 Å². The number of aliphatic imine (C=N–C) groups is 1. The van der Waals surface area contributed by atoms with Gasteiger partial charge in [0.25, 0.3) is 0 Å². The van der Waals surface area contributed by atoms with Gasteiger partial charge in [0.2, 0.25) is 0 Å². The lowest BCUT2D eigenvalue weighted by molar-refractivity contribution is 0.549. The number of rotatable bonds is 7. The second kappa shape index (κ2) is 16.5. The van der Waals surface area contributed by atoms with Crippen LogP contribution in [-0.2, 0) is 17.3 Å². The predicted octanol–water partition coefficient (Wildman–Crippen LogP) is 15.5. The molecule has 0 unspecified atom stereocenters. The van der Waals surface area contributed by atoms with Crippen molar-refractivity contribution in [2.75, 3.05) is 0 Å². The van der Waals surface area contributed by atoms with Crippen molar-refractivity contribution >= 4 is 34.3 Å². The van der Waals surface area contributed by atoms with Crippen LogP contribution in [0.4, 0.5) is 0 Å². The molecule has 6 aromatic carbocycles. The summed E-state index contributed by atoms with van der Waals surface area (Å²) in [6.45, 7) is 16.2. The van der Waals surface area contributed by atoms with Crippen LogP contribution in [0.3, 0.4) is 0 Å². The molecule has 0 saturated carbocycles. The van der Waals surface area contributed by atoms with Gasteiger partial charge in [-0.1, -0.05) is 190 Å². The third-order valence-electron chi connectivity index (χ3n) is 13.6. The molecule has 4 aliphatic carbocycles. The summed E-state index contributed by atoms with van der Waals surface area (Å²) in [5.74, 6) is 0. The third kappa shape index (κ3) is 6.68.